The van der Waals surface area contributed by atoms with Gasteiger partial charge in [-0.3, -0.25) is 0 Å². The number of nitriles is 1. The zero-order chi connectivity index (χ0) is 9.56. The second-order valence-corrected chi connectivity index (χ2v) is 3.67. The lowest BCUT2D eigenvalue weighted by Gasteiger charge is -2.21. The van der Waals surface area contributed by atoms with Crippen LogP contribution in [-0.4, -0.2) is 13.1 Å². The summed E-state index contributed by atoms with van der Waals surface area (Å²) in [5.41, 5.74) is 0. The summed E-state index contributed by atoms with van der Waals surface area (Å²) in [5.74, 6) is 0.822. The summed E-state index contributed by atoms with van der Waals surface area (Å²) in [6.45, 7) is 6.45. The van der Waals surface area contributed by atoms with Gasteiger partial charge >= 0.3 is 0 Å². The lowest BCUT2D eigenvalue weighted by Crippen LogP contribution is -2.33. The molecule has 0 radical (unpaired) electrons. The Balaban J connectivity index is 4.04. The van der Waals surface area contributed by atoms with E-state index in [1.807, 2.05) is 7.05 Å². The van der Waals surface area contributed by atoms with Crippen molar-refractivity contribution in [1.82, 2.24) is 5.32 Å². The average Bonchev–Trinajstić information content (AvgIpc) is 2.04. The summed E-state index contributed by atoms with van der Waals surface area (Å²) in [4.78, 5) is 0. The first-order valence-electron chi connectivity index (χ1n) is 4.72. The molecule has 0 amide bonds. The van der Waals surface area contributed by atoms with Crippen molar-refractivity contribution in [3.8, 4) is 6.07 Å². The standard InChI is InChI=1S/C10H20N2/c1-5-9(7-11)10(12-4)6-8(2)3/h8-10,12H,5-6H2,1-4H3. The molecule has 2 nitrogen and oxygen atoms in total. The van der Waals surface area contributed by atoms with Crippen molar-refractivity contribution in [1.29, 1.82) is 5.26 Å². The Morgan fingerprint density at radius 1 is 1.42 bits per heavy atom. The first-order valence-corrected chi connectivity index (χ1v) is 4.72. The maximum Gasteiger partial charge on any atom is 0.0672 e. The van der Waals surface area contributed by atoms with E-state index in [1.54, 1.807) is 0 Å². The Morgan fingerprint density at radius 2 is 2.00 bits per heavy atom. The van der Waals surface area contributed by atoms with Crippen LogP contribution in [0.25, 0.3) is 0 Å². The maximum atomic E-state index is 8.85. The molecule has 1 N–H and O–H groups in total. The van der Waals surface area contributed by atoms with Crippen molar-refractivity contribution < 1.29 is 0 Å². The Labute approximate surface area is 76.0 Å². The summed E-state index contributed by atoms with van der Waals surface area (Å²) in [6, 6.07) is 2.71. The Hall–Kier alpha value is -0.550. The van der Waals surface area contributed by atoms with Gasteiger partial charge in [0.15, 0.2) is 0 Å². The maximum absolute atomic E-state index is 8.85. The van der Waals surface area contributed by atoms with E-state index in [9.17, 15) is 0 Å². The van der Waals surface area contributed by atoms with E-state index in [2.05, 4.69) is 32.2 Å². The lowest BCUT2D eigenvalue weighted by atomic mass is 9.91. The van der Waals surface area contributed by atoms with Gasteiger partial charge in [0.05, 0.1) is 12.0 Å². The monoisotopic (exact) mass is 168 g/mol. The van der Waals surface area contributed by atoms with E-state index >= 15 is 0 Å². The van der Waals surface area contributed by atoms with Crippen molar-refractivity contribution in [2.75, 3.05) is 7.05 Å². The van der Waals surface area contributed by atoms with Gasteiger partial charge in [0.1, 0.15) is 0 Å². The zero-order valence-corrected chi connectivity index (χ0v) is 8.59. The second kappa shape index (κ2) is 6.02. The van der Waals surface area contributed by atoms with Crippen LogP contribution in [0.1, 0.15) is 33.6 Å². The van der Waals surface area contributed by atoms with Gasteiger partial charge in [-0.15, -0.1) is 0 Å². The van der Waals surface area contributed by atoms with Crippen molar-refractivity contribution >= 4 is 0 Å². The van der Waals surface area contributed by atoms with E-state index < -0.39 is 0 Å². The van der Waals surface area contributed by atoms with Gasteiger partial charge in [-0.25, -0.2) is 0 Å². The third-order valence-electron chi connectivity index (χ3n) is 2.19. The summed E-state index contributed by atoms with van der Waals surface area (Å²) in [5, 5.41) is 12.1. The molecule has 0 saturated heterocycles. The molecule has 0 saturated carbocycles. The van der Waals surface area contributed by atoms with Crippen LogP contribution in [0.5, 0.6) is 0 Å². The first-order chi connectivity index (χ1) is 5.65. The van der Waals surface area contributed by atoms with E-state index in [0.29, 0.717) is 12.0 Å². The summed E-state index contributed by atoms with van der Waals surface area (Å²) >= 11 is 0. The van der Waals surface area contributed by atoms with Gasteiger partial charge in [-0.1, -0.05) is 20.8 Å². The van der Waals surface area contributed by atoms with E-state index in [1.165, 1.54) is 0 Å². The minimum atomic E-state index is 0.164. The largest absolute Gasteiger partial charge is 0.316 e. The minimum Gasteiger partial charge on any atom is -0.316 e. The number of rotatable bonds is 5. The molecule has 0 rings (SSSR count). The lowest BCUT2D eigenvalue weighted by molar-refractivity contribution is 0.364. The molecule has 0 aromatic heterocycles. The molecule has 0 heterocycles. The van der Waals surface area contributed by atoms with Gasteiger partial charge < -0.3 is 5.32 Å². The molecule has 0 fully saturated rings. The Bertz CT molecular complexity index is 146. The van der Waals surface area contributed by atoms with Gasteiger partial charge in [-0.05, 0) is 25.8 Å². The summed E-state index contributed by atoms with van der Waals surface area (Å²) in [6.07, 6.45) is 2.03. The SMILES string of the molecule is CCC(C#N)C(CC(C)C)NC. The second-order valence-electron chi connectivity index (χ2n) is 3.67. The molecule has 0 bridgehead atoms. The summed E-state index contributed by atoms with van der Waals surface area (Å²) < 4.78 is 0. The molecule has 0 aliphatic heterocycles. The van der Waals surface area contributed by atoms with E-state index in [4.69, 9.17) is 5.26 Å². The molecule has 2 heteroatoms. The number of nitrogens with one attached hydrogen (secondary N) is 1. The van der Waals surface area contributed by atoms with Crippen LogP contribution in [0.3, 0.4) is 0 Å². The van der Waals surface area contributed by atoms with Gasteiger partial charge in [0.25, 0.3) is 0 Å². The highest BCUT2D eigenvalue weighted by Gasteiger charge is 2.18. The van der Waals surface area contributed by atoms with Gasteiger partial charge in [0, 0.05) is 6.04 Å². The van der Waals surface area contributed by atoms with Gasteiger partial charge in [0.2, 0.25) is 0 Å². The van der Waals surface area contributed by atoms with Crippen LogP contribution in [0.2, 0.25) is 0 Å². The fourth-order valence-electron chi connectivity index (χ4n) is 1.46. The third-order valence-corrected chi connectivity index (χ3v) is 2.19. The predicted molar refractivity (Wildman–Crippen MR) is 51.7 cm³/mol. The molecule has 70 valence electrons. The smallest absolute Gasteiger partial charge is 0.0672 e. The van der Waals surface area contributed by atoms with Crippen LogP contribution in [0.4, 0.5) is 0 Å². The number of hydrogen-bond acceptors (Lipinski definition) is 2. The molecule has 2 atom stereocenters. The molecule has 0 aromatic rings. The molecule has 0 spiro atoms. The van der Waals surface area contributed by atoms with E-state index in [-0.39, 0.29) is 5.92 Å². The van der Waals surface area contributed by atoms with Crippen LogP contribution in [0, 0.1) is 23.2 Å². The minimum absolute atomic E-state index is 0.164. The van der Waals surface area contributed by atoms with Crippen molar-refractivity contribution in [2.45, 2.75) is 39.7 Å². The highest BCUT2D eigenvalue weighted by atomic mass is 14.9. The zero-order valence-electron chi connectivity index (χ0n) is 8.59. The fraction of sp³-hybridized carbons (Fsp3) is 0.900. The average molecular weight is 168 g/mol. The predicted octanol–water partition coefficient (Wildman–Crippen LogP) is 2.17. The molecule has 0 aromatic carbocycles. The van der Waals surface area contributed by atoms with E-state index in [0.717, 1.165) is 12.8 Å². The molecule has 0 aliphatic carbocycles. The van der Waals surface area contributed by atoms with Crippen LogP contribution in [-0.2, 0) is 0 Å². The molecular weight excluding hydrogens is 148 g/mol. The van der Waals surface area contributed by atoms with Crippen LogP contribution in [0.15, 0.2) is 0 Å². The number of nitrogens with zero attached hydrogens (tertiary/aromatic N) is 1. The molecule has 0 aliphatic rings. The Kier molecular flexibility index (Phi) is 5.74. The quantitative estimate of drug-likeness (QED) is 0.683. The van der Waals surface area contributed by atoms with Crippen molar-refractivity contribution in [3.63, 3.8) is 0 Å². The van der Waals surface area contributed by atoms with Crippen LogP contribution < -0.4 is 5.32 Å². The van der Waals surface area contributed by atoms with Crippen LogP contribution >= 0.6 is 0 Å². The van der Waals surface area contributed by atoms with Crippen molar-refractivity contribution in [2.24, 2.45) is 11.8 Å². The van der Waals surface area contributed by atoms with Gasteiger partial charge in [-0.2, -0.15) is 5.26 Å². The highest BCUT2D eigenvalue weighted by Crippen LogP contribution is 2.15. The first kappa shape index (κ1) is 11.4. The summed E-state index contributed by atoms with van der Waals surface area (Å²) in [7, 11) is 1.94. The molecular formula is C10H20N2. The topological polar surface area (TPSA) is 35.8 Å². The third kappa shape index (κ3) is 3.73. The fourth-order valence-corrected chi connectivity index (χ4v) is 1.46. The van der Waals surface area contributed by atoms with Crippen molar-refractivity contribution in [3.05, 3.63) is 0 Å². The highest BCUT2D eigenvalue weighted by molar-refractivity contribution is 4.90. The Morgan fingerprint density at radius 3 is 2.25 bits per heavy atom. The molecule has 2 unspecified atom stereocenters. The number of hydrogen-bond donors (Lipinski definition) is 1. The molecule has 12 heavy (non-hydrogen) atoms. The normalized spacial score (nSPS) is 15.7.